The van der Waals surface area contributed by atoms with E-state index in [2.05, 4.69) is 4.98 Å². The molecular weight excluding hydrogens is 479 g/mol. The molecule has 0 aliphatic carbocycles. The predicted octanol–water partition coefficient (Wildman–Crippen LogP) is 5.11. The van der Waals surface area contributed by atoms with Gasteiger partial charge >= 0.3 is 11.9 Å². The second kappa shape index (κ2) is 9.06. The molecule has 1 unspecified atom stereocenters. The van der Waals surface area contributed by atoms with Gasteiger partial charge in [0.1, 0.15) is 17.4 Å². The molecule has 1 amide bonds. The van der Waals surface area contributed by atoms with E-state index < -0.39 is 62.5 Å². The first-order valence-corrected chi connectivity index (χ1v) is 10.8. The lowest BCUT2D eigenvalue weighted by Crippen LogP contribution is -2.51. The van der Waals surface area contributed by atoms with Crippen LogP contribution in [0.15, 0.2) is 36.5 Å². The number of hydrogen-bond acceptors (Lipinski definition) is 6. The molecule has 2 aromatic carbocycles. The number of amides is 1. The van der Waals surface area contributed by atoms with Gasteiger partial charge in [-0.25, -0.2) is 13.2 Å². The highest BCUT2D eigenvalue weighted by atomic mass is 19.1. The van der Waals surface area contributed by atoms with Gasteiger partial charge in [0.2, 0.25) is 5.78 Å². The molecule has 0 saturated carbocycles. The van der Waals surface area contributed by atoms with E-state index in [1.54, 1.807) is 20.8 Å². The summed E-state index contributed by atoms with van der Waals surface area (Å²) in [5.74, 6) is -7.06. The van der Waals surface area contributed by atoms with Crippen LogP contribution in [0.3, 0.4) is 0 Å². The van der Waals surface area contributed by atoms with Crippen LogP contribution in [0.1, 0.15) is 41.4 Å². The second-order valence-corrected chi connectivity index (χ2v) is 8.50. The number of methoxy groups -OCH3 is 1. The molecule has 0 saturated heterocycles. The van der Waals surface area contributed by atoms with E-state index in [1.165, 1.54) is 31.5 Å². The lowest BCUT2D eigenvalue weighted by molar-refractivity contribution is -0.491. The van der Waals surface area contributed by atoms with Crippen LogP contribution < -0.4 is 9.64 Å². The smallest absolute Gasteiger partial charge is 0.352 e. The number of pyridine rings is 1. The first-order chi connectivity index (χ1) is 17.0. The number of aromatic nitrogens is 1. The van der Waals surface area contributed by atoms with Crippen molar-refractivity contribution in [2.24, 2.45) is 0 Å². The fourth-order valence-electron chi connectivity index (χ4n) is 4.35. The average molecular weight is 499 g/mol. The minimum Gasteiger partial charge on any atom is -0.496 e. The van der Waals surface area contributed by atoms with Gasteiger partial charge in [0.05, 0.1) is 40.9 Å². The molecule has 0 N–H and O–H groups in total. The normalized spacial score (nSPS) is 15.3. The van der Waals surface area contributed by atoms with Crippen LogP contribution in [-0.4, -0.2) is 34.7 Å². The standard InChI is InChI=1S/C25H20F3N3O5/c1-11(2)20-21(12(3)8-9-29-20)30-22-13(24(32)23(25(30)33)31(34)35)10-15(27)18(19(22)28)17-14(26)6-5-7-16(17)36-4/h5-11,23H,1-4H3. The summed E-state index contributed by atoms with van der Waals surface area (Å²) < 4.78 is 51.5. The van der Waals surface area contributed by atoms with Crippen LogP contribution in [0.4, 0.5) is 24.5 Å². The van der Waals surface area contributed by atoms with E-state index in [4.69, 9.17) is 4.74 Å². The topological polar surface area (TPSA) is 103 Å². The molecule has 1 aromatic heterocycles. The minimum absolute atomic E-state index is 0.0232. The fourth-order valence-corrected chi connectivity index (χ4v) is 4.35. The Labute approximate surface area is 203 Å². The molecule has 1 atom stereocenters. The molecule has 11 heteroatoms. The molecule has 36 heavy (non-hydrogen) atoms. The third kappa shape index (κ3) is 3.67. The lowest BCUT2D eigenvalue weighted by atomic mass is 9.90. The summed E-state index contributed by atoms with van der Waals surface area (Å²) in [5.41, 5.74) is -2.18. The van der Waals surface area contributed by atoms with Gasteiger partial charge in [-0.15, -0.1) is 0 Å². The summed E-state index contributed by atoms with van der Waals surface area (Å²) >= 11 is 0. The SMILES string of the molecule is COc1cccc(F)c1-c1c(F)cc2c(c1F)N(c1c(C)ccnc1C(C)C)C(=O)C([N+](=O)[O-])C2=O. The fraction of sp³-hybridized carbons (Fsp3) is 0.240. The quantitative estimate of drug-likeness (QED) is 0.275. The highest BCUT2D eigenvalue weighted by Gasteiger charge is 2.51. The molecule has 0 radical (unpaired) electrons. The maximum Gasteiger partial charge on any atom is 0.352 e. The van der Waals surface area contributed by atoms with Crippen LogP contribution >= 0.6 is 0 Å². The van der Waals surface area contributed by atoms with E-state index in [1.807, 2.05) is 0 Å². The maximum absolute atomic E-state index is 16.3. The van der Waals surface area contributed by atoms with Gasteiger partial charge in [0.15, 0.2) is 5.82 Å². The molecular formula is C25H20F3N3O5. The molecule has 186 valence electrons. The number of Topliss-reactive ketones (excluding diaryl/α,β-unsaturated/α-hetero) is 1. The Morgan fingerprint density at radius 1 is 1.08 bits per heavy atom. The third-order valence-corrected chi connectivity index (χ3v) is 5.97. The van der Waals surface area contributed by atoms with E-state index in [0.717, 1.165) is 6.07 Å². The lowest BCUT2D eigenvalue weighted by Gasteiger charge is -2.33. The van der Waals surface area contributed by atoms with Crippen molar-refractivity contribution >= 4 is 23.1 Å². The molecule has 2 heterocycles. The molecule has 8 nitrogen and oxygen atoms in total. The predicted molar refractivity (Wildman–Crippen MR) is 124 cm³/mol. The van der Waals surface area contributed by atoms with Gasteiger partial charge in [-0.3, -0.25) is 29.6 Å². The van der Waals surface area contributed by atoms with Gasteiger partial charge in [0.25, 0.3) is 0 Å². The first-order valence-electron chi connectivity index (χ1n) is 10.8. The van der Waals surface area contributed by atoms with Crippen LogP contribution in [0.5, 0.6) is 5.75 Å². The van der Waals surface area contributed by atoms with Crippen molar-refractivity contribution in [3.8, 4) is 16.9 Å². The number of anilines is 2. The Morgan fingerprint density at radius 2 is 1.78 bits per heavy atom. The number of hydrogen-bond donors (Lipinski definition) is 0. The number of ketones is 1. The summed E-state index contributed by atoms with van der Waals surface area (Å²) in [6.45, 7) is 5.07. The van der Waals surface area contributed by atoms with Crippen molar-refractivity contribution in [3.05, 3.63) is 80.9 Å². The summed E-state index contributed by atoms with van der Waals surface area (Å²) in [5, 5.41) is 11.7. The zero-order valence-electron chi connectivity index (χ0n) is 19.6. The Bertz CT molecular complexity index is 1440. The Kier molecular flexibility index (Phi) is 6.25. The summed E-state index contributed by atoms with van der Waals surface area (Å²) in [4.78, 5) is 41.9. The number of benzene rings is 2. The maximum atomic E-state index is 16.3. The van der Waals surface area contributed by atoms with Gasteiger partial charge in [-0.2, -0.15) is 0 Å². The average Bonchev–Trinajstić information content (AvgIpc) is 2.81. The minimum atomic E-state index is -2.43. The molecule has 0 spiro atoms. The first kappa shape index (κ1) is 24.8. The number of rotatable bonds is 5. The summed E-state index contributed by atoms with van der Waals surface area (Å²) in [6.07, 6.45) is 1.45. The molecule has 1 aliphatic heterocycles. The highest BCUT2D eigenvalue weighted by Crippen LogP contribution is 2.46. The molecule has 4 rings (SSSR count). The van der Waals surface area contributed by atoms with Crippen LogP contribution in [0.2, 0.25) is 0 Å². The monoisotopic (exact) mass is 499 g/mol. The Hall–Kier alpha value is -4.28. The summed E-state index contributed by atoms with van der Waals surface area (Å²) in [6, 6.07) is 3.20. The van der Waals surface area contributed by atoms with Gasteiger partial charge in [-0.05, 0) is 42.7 Å². The number of ether oxygens (including phenoxy) is 1. The van der Waals surface area contributed by atoms with E-state index in [0.29, 0.717) is 22.2 Å². The molecule has 0 bridgehead atoms. The Balaban J connectivity index is 2.16. The number of carbonyl (C=O) groups is 2. The van der Waals surface area contributed by atoms with Crippen LogP contribution in [0, 0.1) is 34.5 Å². The zero-order chi connectivity index (χ0) is 26.5. The number of aryl methyl sites for hydroxylation is 1. The zero-order valence-corrected chi connectivity index (χ0v) is 19.6. The van der Waals surface area contributed by atoms with Crippen LogP contribution in [0.25, 0.3) is 11.1 Å². The molecule has 3 aromatic rings. The Morgan fingerprint density at radius 3 is 2.39 bits per heavy atom. The van der Waals surface area contributed by atoms with Gasteiger partial charge < -0.3 is 4.74 Å². The number of nitrogens with zero attached hydrogens (tertiary/aromatic N) is 3. The highest BCUT2D eigenvalue weighted by molar-refractivity contribution is 6.26. The van der Waals surface area contributed by atoms with Crippen molar-refractivity contribution in [2.75, 3.05) is 12.0 Å². The van der Waals surface area contributed by atoms with Crippen molar-refractivity contribution in [1.29, 1.82) is 0 Å². The number of halogens is 3. The summed E-state index contributed by atoms with van der Waals surface area (Å²) in [7, 11) is 1.18. The molecule has 1 aliphatic rings. The number of fused-ring (bicyclic) bond motifs is 1. The number of nitro groups is 1. The largest absolute Gasteiger partial charge is 0.496 e. The van der Waals surface area contributed by atoms with E-state index in [9.17, 15) is 24.1 Å². The van der Waals surface area contributed by atoms with Gasteiger partial charge in [-0.1, -0.05) is 19.9 Å². The van der Waals surface area contributed by atoms with Crippen LogP contribution in [-0.2, 0) is 4.79 Å². The molecule has 0 fully saturated rings. The number of carbonyl (C=O) groups excluding carboxylic acids is 2. The second-order valence-electron chi connectivity index (χ2n) is 8.50. The van der Waals surface area contributed by atoms with E-state index >= 15 is 8.78 Å². The third-order valence-electron chi connectivity index (χ3n) is 5.97. The van der Waals surface area contributed by atoms with Gasteiger partial charge in [0, 0.05) is 11.1 Å². The van der Waals surface area contributed by atoms with Crippen molar-refractivity contribution < 1.29 is 32.4 Å². The van der Waals surface area contributed by atoms with Crippen molar-refractivity contribution in [3.63, 3.8) is 0 Å². The van der Waals surface area contributed by atoms with Crippen molar-refractivity contribution in [1.82, 2.24) is 4.98 Å². The van der Waals surface area contributed by atoms with E-state index in [-0.39, 0.29) is 17.4 Å². The van der Waals surface area contributed by atoms with Crippen molar-refractivity contribution in [2.45, 2.75) is 32.7 Å².